The van der Waals surface area contributed by atoms with Crippen LogP contribution >= 0.6 is 0 Å². The summed E-state index contributed by atoms with van der Waals surface area (Å²) in [4.78, 5) is 0. The van der Waals surface area contributed by atoms with Gasteiger partial charge in [0.05, 0.1) is 0 Å². The van der Waals surface area contributed by atoms with Crippen LogP contribution in [0, 0.1) is 29.1 Å². The van der Waals surface area contributed by atoms with Crippen molar-refractivity contribution in [1.29, 1.82) is 0 Å². The summed E-state index contributed by atoms with van der Waals surface area (Å²) in [5.41, 5.74) is 0.791. The van der Waals surface area contributed by atoms with E-state index < -0.39 is 0 Å². The van der Waals surface area contributed by atoms with E-state index in [0.29, 0.717) is 0 Å². The van der Waals surface area contributed by atoms with Gasteiger partial charge in [0.1, 0.15) is 0 Å². The smallest absolute Gasteiger partial charge is 0.0243 e. The fraction of sp³-hybridized carbons (Fsp3) is 1.00. The zero-order valence-corrected chi connectivity index (χ0v) is 9.64. The molecule has 0 amide bonds. The van der Waals surface area contributed by atoms with Crippen molar-refractivity contribution in [2.45, 2.75) is 53.4 Å². The number of hydrogen-bond donors (Lipinski definition) is 0. The third-order valence-electron chi connectivity index (χ3n) is 5.27. The molecule has 76 valence electrons. The molecule has 2 saturated carbocycles. The van der Waals surface area contributed by atoms with Crippen LogP contribution in [0.5, 0.6) is 0 Å². The second-order valence-corrected chi connectivity index (χ2v) is 5.81. The molecular weight excluding hydrogens is 156 g/mol. The standard InChI is InChI=1S/C13H24/c1-5-13-8-12(13)7-10(3)9(2)6-11(13)4/h9-12H,5-8H2,1-4H3. The highest BCUT2D eigenvalue weighted by Crippen LogP contribution is 2.66. The van der Waals surface area contributed by atoms with E-state index >= 15 is 0 Å². The Morgan fingerprint density at radius 1 is 1.08 bits per heavy atom. The monoisotopic (exact) mass is 180 g/mol. The van der Waals surface area contributed by atoms with E-state index in [0.717, 1.165) is 29.1 Å². The topological polar surface area (TPSA) is 0 Å². The first-order chi connectivity index (χ1) is 6.10. The normalized spacial score (nSPS) is 55.4. The SMILES string of the molecule is CCC12CC1CC(C)C(C)CC2C. The fourth-order valence-corrected chi connectivity index (χ4v) is 3.81. The summed E-state index contributed by atoms with van der Waals surface area (Å²) in [6.45, 7) is 9.81. The number of rotatable bonds is 1. The highest BCUT2D eigenvalue weighted by Gasteiger charge is 2.57. The molecule has 0 aromatic carbocycles. The van der Waals surface area contributed by atoms with Gasteiger partial charge in [-0.25, -0.2) is 0 Å². The van der Waals surface area contributed by atoms with Crippen molar-refractivity contribution in [1.82, 2.24) is 0 Å². The van der Waals surface area contributed by atoms with Crippen LogP contribution in [-0.4, -0.2) is 0 Å². The van der Waals surface area contributed by atoms with Crippen molar-refractivity contribution < 1.29 is 0 Å². The van der Waals surface area contributed by atoms with Gasteiger partial charge >= 0.3 is 0 Å². The first-order valence-electron chi connectivity index (χ1n) is 6.10. The molecule has 0 heteroatoms. The molecule has 0 radical (unpaired) electrons. The van der Waals surface area contributed by atoms with Crippen molar-refractivity contribution in [3.8, 4) is 0 Å². The van der Waals surface area contributed by atoms with E-state index in [2.05, 4.69) is 27.7 Å². The van der Waals surface area contributed by atoms with E-state index in [1.54, 1.807) is 6.42 Å². The van der Waals surface area contributed by atoms with Gasteiger partial charge in [-0.1, -0.05) is 27.7 Å². The molecule has 5 unspecified atom stereocenters. The first kappa shape index (κ1) is 9.55. The summed E-state index contributed by atoms with van der Waals surface area (Å²) in [6.07, 6.45) is 5.96. The lowest BCUT2D eigenvalue weighted by Gasteiger charge is -2.24. The second kappa shape index (κ2) is 3.00. The van der Waals surface area contributed by atoms with Gasteiger partial charge in [0, 0.05) is 0 Å². The summed E-state index contributed by atoms with van der Waals surface area (Å²) in [7, 11) is 0. The summed E-state index contributed by atoms with van der Waals surface area (Å²) >= 11 is 0. The van der Waals surface area contributed by atoms with Gasteiger partial charge in [-0.15, -0.1) is 0 Å². The van der Waals surface area contributed by atoms with Crippen molar-refractivity contribution in [2.24, 2.45) is 29.1 Å². The van der Waals surface area contributed by atoms with Gasteiger partial charge < -0.3 is 0 Å². The Morgan fingerprint density at radius 2 is 1.69 bits per heavy atom. The van der Waals surface area contributed by atoms with E-state index in [4.69, 9.17) is 0 Å². The molecule has 2 rings (SSSR count). The van der Waals surface area contributed by atoms with Crippen LogP contribution in [0.1, 0.15) is 53.4 Å². The molecule has 2 aliphatic rings. The number of hydrogen-bond acceptors (Lipinski definition) is 0. The van der Waals surface area contributed by atoms with Crippen molar-refractivity contribution in [3.05, 3.63) is 0 Å². The van der Waals surface area contributed by atoms with E-state index in [9.17, 15) is 0 Å². The van der Waals surface area contributed by atoms with E-state index in [-0.39, 0.29) is 0 Å². The van der Waals surface area contributed by atoms with Crippen LogP contribution < -0.4 is 0 Å². The molecule has 0 nitrogen and oxygen atoms in total. The molecular formula is C13H24. The van der Waals surface area contributed by atoms with Crippen LogP contribution in [0.2, 0.25) is 0 Å². The minimum Gasteiger partial charge on any atom is -0.0648 e. The van der Waals surface area contributed by atoms with Crippen molar-refractivity contribution in [2.75, 3.05) is 0 Å². The molecule has 0 aromatic heterocycles. The Morgan fingerprint density at radius 3 is 2.31 bits per heavy atom. The molecule has 0 spiro atoms. The lowest BCUT2D eigenvalue weighted by atomic mass is 9.81. The maximum Gasteiger partial charge on any atom is -0.0243 e. The Hall–Kier alpha value is 0. The van der Waals surface area contributed by atoms with Gasteiger partial charge in [-0.05, 0) is 54.8 Å². The predicted octanol–water partition coefficient (Wildman–Crippen LogP) is 4.10. The zero-order valence-electron chi connectivity index (χ0n) is 9.64. The van der Waals surface area contributed by atoms with Crippen molar-refractivity contribution >= 4 is 0 Å². The lowest BCUT2D eigenvalue weighted by Crippen LogP contribution is -2.15. The predicted molar refractivity (Wildman–Crippen MR) is 57.6 cm³/mol. The van der Waals surface area contributed by atoms with Gasteiger partial charge in [-0.3, -0.25) is 0 Å². The van der Waals surface area contributed by atoms with Gasteiger partial charge in [-0.2, -0.15) is 0 Å². The van der Waals surface area contributed by atoms with Gasteiger partial charge in [0.25, 0.3) is 0 Å². The Balaban J connectivity index is 2.12. The summed E-state index contributed by atoms with van der Waals surface area (Å²) < 4.78 is 0. The maximum atomic E-state index is 2.50. The minimum absolute atomic E-state index is 0.791. The Kier molecular flexibility index (Phi) is 2.20. The molecule has 0 heterocycles. The van der Waals surface area contributed by atoms with Gasteiger partial charge in [0.15, 0.2) is 0 Å². The average molecular weight is 180 g/mol. The lowest BCUT2D eigenvalue weighted by molar-refractivity contribution is 0.258. The minimum atomic E-state index is 0.791. The first-order valence-corrected chi connectivity index (χ1v) is 6.10. The third kappa shape index (κ3) is 1.33. The van der Waals surface area contributed by atoms with Crippen LogP contribution in [0.15, 0.2) is 0 Å². The maximum absolute atomic E-state index is 2.50. The molecule has 2 fully saturated rings. The summed E-state index contributed by atoms with van der Waals surface area (Å²) in [5.74, 6) is 4.02. The van der Waals surface area contributed by atoms with Crippen LogP contribution in [0.25, 0.3) is 0 Å². The quantitative estimate of drug-likeness (QED) is 0.570. The van der Waals surface area contributed by atoms with Gasteiger partial charge in [0.2, 0.25) is 0 Å². The van der Waals surface area contributed by atoms with Crippen LogP contribution in [0.4, 0.5) is 0 Å². The van der Waals surface area contributed by atoms with E-state index in [1.807, 2.05) is 0 Å². The molecule has 0 bridgehead atoms. The largest absolute Gasteiger partial charge is 0.0648 e. The molecule has 0 aromatic rings. The molecule has 0 N–H and O–H groups in total. The average Bonchev–Trinajstić information content (AvgIpc) is 2.79. The molecule has 13 heavy (non-hydrogen) atoms. The van der Waals surface area contributed by atoms with Crippen molar-refractivity contribution in [3.63, 3.8) is 0 Å². The third-order valence-corrected chi connectivity index (χ3v) is 5.27. The molecule has 5 atom stereocenters. The molecule has 0 saturated heterocycles. The van der Waals surface area contributed by atoms with Crippen LogP contribution in [-0.2, 0) is 0 Å². The fourth-order valence-electron chi connectivity index (χ4n) is 3.81. The zero-order chi connectivity index (χ0) is 9.64. The second-order valence-electron chi connectivity index (χ2n) is 5.81. The Labute approximate surface area is 83.1 Å². The molecule has 0 aliphatic heterocycles. The summed E-state index contributed by atoms with van der Waals surface area (Å²) in [5, 5.41) is 0. The highest BCUT2D eigenvalue weighted by molar-refractivity contribution is 5.06. The molecule has 2 aliphatic carbocycles. The highest BCUT2D eigenvalue weighted by atomic mass is 14.6. The van der Waals surface area contributed by atoms with Crippen LogP contribution in [0.3, 0.4) is 0 Å². The Bertz CT molecular complexity index is 194. The van der Waals surface area contributed by atoms with E-state index in [1.165, 1.54) is 19.3 Å². The summed E-state index contributed by atoms with van der Waals surface area (Å²) in [6, 6.07) is 0. The number of fused-ring (bicyclic) bond motifs is 1.